The summed E-state index contributed by atoms with van der Waals surface area (Å²) in [4.78, 5) is 40.7. The van der Waals surface area contributed by atoms with Crippen molar-refractivity contribution in [1.29, 1.82) is 0 Å². The van der Waals surface area contributed by atoms with Crippen LogP contribution in [0, 0.1) is 11.3 Å². The van der Waals surface area contributed by atoms with E-state index in [0.717, 1.165) is 43.6 Å². The molecule has 1 aliphatic carbocycles. The van der Waals surface area contributed by atoms with Crippen molar-refractivity contribution in [2.24, 2.45) is 17.1 Å². The summed E-state index contributed by atoms with van der Waals surface area (Å²) in [5.41, 5.74) is 8.53. The van der Waals surface area contributed by atoms with Gasteiger partial charge in [-0.1, -0.05) is 31.9 Å². The summed E-state index contributed by atoms with van der Waals surface area (Å²) in [5, 5.41) is 6.26. The number of primary amides is 1. The maximum absolute atomic E-state index is 12.9. The van der Waals surface area contributed by atoms with Crippen LogP contribution in [0.15, 0.2) is 18.3 Å². The lowest BCUT2D eigenvalue weighted by Gasteiger charge is -2.28. The Balaban J connectivity index is 1.59. The summed E-state index contributed by atoms with van der Waals surface area (Å²) in [6.07, 6.45) is 5.39. The van der Waals surface area contributed by atoms with Crippen molar-refractivity contribution in [3.63, 3.8) is 0 Å². The van der Waals surface area contributed by atoms with Gasteiger partial charge in [-0.25, -0.2) is 4.98 Å². The van der Waals surface area contributed by atoms with Crippen molar-refractivity contribution >= 4 is 35.1 Å². The summed E-state index contributed by atoms with van der Waals surface area (Å²) in [6.45, 7) is 6.52. The molecule has 8 nitrogen and oxygen atoms in total. The van der Waals surface area contributed by atoms with Crippen LogP contribution in [0.1, 0.15) is 62.5 Å². The van der Waals surface area contributed by atoms with Gasteiger partial charge >= 0.3 is 0 Å². The fourth-order valence-corrected chi connectivity index (χ4v) is 5.31. The maximum Gasteiger partial charge on any atom is 0.250 e. The van der Waals surface area contributed by atoms with Crippen LogP contribution in [0.5, 0.6) is 0 Å². The van der Waals surface area contributed by atoms with Crippen LogP contribution >= 0.6 is 11.6 Å². The standard InChI is InChI=1S/C24H30ClN5O3/c1-13(31)28-15-6-4-5-14(7-15)23(33)29-21-9-16(18(25)11-27-21)19-8-17(22(26)32)20-10-24(2,3)12-30(19)20/h8-9,11,14-15H,4-7,10,12H2,1-3H3,(H2,26,32)(H,28,31)(H,27,29,33)/t14-,15+/m0/s1. The van der Waals surface area contributed by atoms with Gasteiger partial charge in [-0.3, -0.25) is 14.4 Å². The molecule has 1 aliphatic heterocycles. The number of nitrogens with one attached hydrogen (secondary N) is 2. The van der Waals surface area contributed by atoms with E-state index >= 15 is 0 Å². The van der Waals surface area contributed by atoms with Crippen LogP contribution in [-0.4, -0.2) is 33.3 Å². The average molecular weight is 472 g/mol. The number of pyridine rings is 1. The SMILES string of the molecule is CC(=O)N[C@@H]1CCC[C@H](C(=O)Nc2cc(-c3cc(C(N)=O)c4n3CC(C)(C)C4)c(Cl)cn2)C1. The third-order valence-electron chi connectivity index (χ3n) is 6.54. The number of anilines is 1. The largest absolute Gasteiger partial charge is 0.366 e. The molecule has 2 aromatic rings. The zero-order valence-electron chi connectivity index (χ0n) is 19.2. The third kappa shape index (κ3) is 4.90. The summed E-state index contributed by atoms with van der Waals surface area (Å²) >= 11 is 6.50. The summed E-state index contributed by atoms with van der Waals surface area (Å²) in [5.74, 6) is -0.466. The lowest BCUT2D eigenvalue weighted by molar-refractivity contribution is -0.123. The summed E-state index contributed by atoms with van der Waals surface area (Å²) < 4.78 is 2.09. The van der Waals surface area contributed by atoms with Gasteiger partial charge in [0.2, 0.25) is 11.8 Å². The molecule has 4 N–H and O–H groups in total. The molecule has 9 heteroatoms. The monoisotopic (exact) mass is 471 g/mol. The first-order valence-corrected chi connectivity index (χ1v) is 11.7. The molecule has 1 saturated carbocycles. The number of hydrogen-bond acceptors (Lipinski definition) is 4. The molecule has 3 heterocycles. The number of fused-ring (bicyclic) bond motifs is 1. The van der Waals surface area contributed by atoms with Gasteiger partial charge in [0.25, 0.3) is 5.91 Å². The Morgan fingerprint density at radius 1 is 1.24 bits per heavy atom. The van der Waals surface area contributed by atoms with Crippen molar-refractivity contribution in [2.75, 3.05) is 5.32 Å². The van der Waals surface area contributed by atoms with Gasteiger partial charge in [0, 0.05) is 42.9 Å². The van der Waals surface area contributed by atoms with E-state index in [1.165, 1.54) is 13.1 Å². The first-order chi connectivity index (χ1) is 15.5. The number of amides is 3. The van der Waals surface area contributed by atoms with E-state index in [0.29, 0.717) is 28.4 Å². The molecule has 2 aliphatic rings. The molecule has 2 atom stereocenters. The average Bonchev–Trinajstić information content (AvgIpc) is 3.22. The number of carbonyl (C=O) groups is 3. The van der Waals surface area contributed by atoms with Crippen molar-refractivity contribution in [3.8, 4) is 11.3 Å². The Morgan fingerprint density at radius 3 is 2.70 bits per heavy atom. The van der Waals surface area contributed by atoms with E-state index in [1.54, 1.807) is 12.1 Å². The minimum absolute atomic E-state index is 0.00245. The number of nitrogens with zero attached hydrogens (tertiary/aromatic N) is 2. The Labute approximate surface area is 198 Å². The lowest BCUT2D eigenvalue weighted by atomic mass is 9.85. The van der Waals surface area contributed by atoms with Crippen molar-refractivity contribution in [3.05, 3.63) is 34.6 Å². The molecule has 4 rings (SSSR count). The number of halogens is 1. The molecular formula is C24H30ClN5O3. The van der Waals surface area contributed by atoms with Gasteiger partial charge < -0.3 is 20.9 Å². The van der Waals surface area contributed by atoms with Crippen LogP contribution < -0.4 is 16.4 Å². The molecule has 176 valence electrons. The zero-order valence-corrected chi connectivity index (χ0v) is 20.0. The summed E-state index contributed by atoms with van der Waals surface area (Å²) in [7, 11) is 0. The van der Waals surface area contributed by atoms with E-state index in [4.69, 9.17) is 17.3 Å². The van der Waals surface area contributed by atoms with Gasteiger partial charge in [0.1, 0.15) is 5.82 Å². The number of hydrogen-bond donors (Lipinski definition) is 3. The Hall–Kier alpha value is -2.87. The number of carbonyl (C=O) groups excluding carboxylic acids is 3. The molecule has 3 amide bonds. The highest BCUT2D eigenvalue weighted by atomic mass is 35.5. The van der Waals surface area contributed by atoms with Crippen LogP contribution in [-0.2, 0) is 22.6 Å². The van der Waals surface area contributed by atoms with Gasteiger partial charge in [0.05, 0.1) is 16.3 Å². The Kier molecular flexibility index (Phi) is 6.22. The van der Waals surface area contributed by atoms with Gasteiger partial charge in [0.15, 0.2) is 0 Å². The number of rotatable bonds is 5. The Bertz CT molecular complexity index is 1120. The molecule has 0 radical (unpaired) electrons. The van der Waals surface area contributed by atoms with Crippen LogP contribution in [0.2, 0.25) is 5.02 Å². The highest BCUT2D eigenvalue weighted by Gasteiger charge is 2.34. The van der Waals surface area contributed by atoms with Gasteiger partial charge in [-0.15, -0.1) is 0 Å². The highest BCUT2D eigenvalue weighted by Crippen LogP contribution is 2.41. The fraction of sp³-hybridized carbons (Fsp3) is 0.500. The van der Waals surface area contributed by atoms with Crippen LogP contribution in [0.4, 0.5) is 5.82 Å². The molecule has 1 fully saturated rings. The van der Waals surface area contributed by atoms with Crippen LogP contribution in [0.3, 0.4) is 0 Å². The smallest absolute Gasteiger partial charge is 0.250 e. The quantitative estimate of drug-likeness (QED) is 0.618. The number of aromatic nitrogens is 2. The highest BCUT2D eigenvalue weighted by molar-refractivity contribution is 6.33. The topological polar surface area (TPSA) is 119 Å². The Morgan fingerprint density at radius 2 is 2.00 bits per heavy atom. The second-order valence-electron chi connectivity index (χ2n) is 9.98. The molecular weight excluding hydrogens is 442 g/mol. The van der Waals surface area contributed by atoms with Crippen molar-refractivity contribution < 1.29 is 14.4 Å². The fourth-order valence-electron chi connectivity index (χ4n) is 5.11. The molecule has 0 saturated heterocycles. The van der Waals surface area contributed by atoms with E-state index < -0.39 is 5.91 Å². The number of nitrogens with two attached hydrogens (primary N) is 1. The van der Waals surface area contributed by atoms with Gasteiger partial charge in [-0.2, -0.15) is 0 Å². The molecule has 0 aromatic carbocycles. The lowest BCUT2D eigenvalue weighted by Crippen LogP contribution is -2.40. The third-order valence-corrected chi connectivity index (χ3v) is 6.84. The van der Waals surface area contributed by atoms with Crippen molar-refractivity contribution in [1.82, 2.24) is 14.9 Å². The molecule has 0 bridgehead atoms. The van der Waals surface area contributed by atoms with E-state index in [9.17, 15) is 14.4 Å². The predicted molar refractivity (Wildman–Crippen MR) is 127 cm³/mol. The minimum atomic E-state index is -0.465. The van der Waals surface area contributed by atoms with E-state index in [-0.39, 0.29) is 29.2 Å². The second-order valence-corrected chi connectivity index (χ2v) is 10.4. The van der Waals surface area contributed by atoms with E-state index in [2.05, 4.69) is 34.0 Å². The minimum Gasteiger partial charge on any atom is -0.366 e. The normalized spacial score (nSPS) is 21.3. The maximum atomic E-state index is 12.9. The second kappa shape index (κ2) is 8.82. The van der Waals surface area contributed by atoms with E-state index in [1.807, 2.05) is 0 Å². The summed E-state index contributed by atoms with van der Waals surface area (Å²) in [6, 6.07) is 3.53. The first kappa shape index (κ1) is 23.3. The molecule has 0 unspecified atom stereocenters. The predicted octanol–water partition coefficient (Wildman–Crippen LogP) is 3.52. The van der Waals surface area contributed by atoms with Gasteiger partial charge in [-0.05, 0) is 43.2 Å². The molecule has 33 heavy (non-hydrogen) atoms. The van der Waals surface area contributed by atoms with Crippen LogP contribution in [0.25, 0.3) is 11.3 Å². The van der Waals surface area contributed by atoms with Crippen molar-refractivity contribution in [2.45, 2.75) is 65.5 Å². The molecule has 2 aromatic heterocycles. The molecule has 0 spiro atoms. The zero-order chi connectivity index (χ0) is 23.9. The first-order valence-electron chi connectivity index (χ1n) is 11.3.